The van der Waals surface area contributed by atoms with Gasteiger partial charge >= 0.3 is 6.09 Å². The molecule has 3 N–H and O–H groups in total. The number of ketones is 1. The number of ether oxygens (including phenoxy) is 6. The van der Waals surface area contributed by atoms with E-state index in [2.05, 4.69) is 22.8 Å². The maximum atomic E-state index is 14.4. The first-order valence-corrected chi connectivity index (χ1v) is 24.0. The van der Waals surface area contributed by atoms with Crippen LogP contribution in [-0.2, 0) is 20.9 Å². The van der Waals surface area contributed by atoms with Gasteiger partial charge in [0.1, 0.15) is 30.5 Å². The Bertz CT molecular complexity index is 2900. The van der Waals surface area contributed by atoms with Crippen LogP contribution in [0.2, 0.25) is 0 Å². The number of aryl methyl sites for hydroxylation is 1. The summed E-state index contributed by atoms with van der Waals surface area (Å²) in [6.45, 7) is 2.90. The van der Waals surface area contributed by atoms with Crippen LogP contribution in [0.1, 0.15) is 75.0 Å². The minimum Gasteiger partial charge on any atom is -0.497 e. The molecule has 1 saturated heterocycles. The van der Waals surface area contributed by atoms with Crippen LogP contribution in [0.5, 0.6) is 28.7 Å². The lowest BCUT2D eigenvalue weighted by Crippen LogP contribution is -2.51. The van der Waals surface area contributed by atoms with Gasteiger partial charge in [-0.25, -0.2) is 9.69 Å². The van der Waals surface area contributed by atoms with Crippen LogP contribution in [0.25, 0.3) is 11.1 Å². The molecule has 3 amide bonds. The van der Waals surface area contributed by atoms with Crippen molar-refractivity contribution in [1.82, 2.24) is 15.5 Å². The Morgan fingerprint density at radius 1 is 0.750 bits per heavy atom. The van der Waals surface area contributed by atoms with Crippen molar-refractivity contribution in [2.45, 2.75) is 57.0 Å². The van der Waals surface area contributed by atoms with E-state index >= 15 is 0 Å². The van der Waals surface area contributed by atoms with Crippen molar-refractivity contribution in [1.29, 1.82) is 0 Å². The lowest BCUT2D eigenvalue weighted by Gasteiger charge is -2.32. The number of aliphatic hydroxyl groups is 1. The molecule has 15 nitrogen and oxygen atoms in total. The Kier molecular flexibility index (Phi) is 15.0. The smallest absolute Gasteiger partial charge is 0.416 e. The molecule has 0 bridgehead atoms. The first kappa shape index (κ1) is 49.1. The third kappa shape index (κ3) is 10.4. The summed E-state index contributed by atoms with van der Waals surface area (Å²) < 4.78 is 35.1. The lowest BCUT2D eigenvalue weighted by molar-refractivity contribution is -0.122. The second-order valence-electron chi connectivity index (χ2n) is 18.0. The van der Waals surface area contributed by atoms with Crippen LogP contribution >= 0.6 is 0 Å². The molecule has 3 atom stereocenters. The van der Waals surface area contributed by atoms with Gasteiger partial charge in [0, 0.05) is 36.7 Å². The van der Waals surface area contributed by atoms with Crippen LogP contribution < -0.4 is 39.2 Å². The van der Waals surface area contributed by atoms with Crippen LogP contribution in [0.15, 0.2) is 127 Å². The number of carbonyl (C=O) groups excluding carboxylic acids is 4. The zero-order valence-corrected chi connectivity index (χ0v) is 40.7. The molecule has 0 aromatic heterocycles. The van der Waals surface area contributed by atoms with E-state index in [-0.39, 0.29) is 79.1 Å². The number of benzene rings is 6. The first-order chi connectivity index (χ1) is 35.0. The average Bonchev–Trinajstić information content (AvgIpc) is 4.01. The van der Waals surface area contributed by atoms with Crippen LogP contribution in [0.3, 0.4) is 0 Å². The van der Waals surface area contributed by atoms with E-state index in [9.17, 15) is 24.3 Å². The summed E-state index contributed by atoms with van der Waals surface area (Å²) in [5, 5.41) is 18.3. The van der Waals surface area contributed by atoms with E-state index in [1.807, 2.05) is 85.8 Å². The fourth-order valence-electron chi connectivity index (χ4n) is 9.79. The minimum atomic E-state index is -1.42. The van der Waals surface area contributed by atoms with Crippen molar-refractivity contribution in [3.63, 3.8) is 0 Å². The van der Waals surface area contributed by atoms with Crippen molar-refractivity contribution < 1.29 is 52.7 Å². The maximum absolute atomic E-state index is 14.4. The number of fused-ring (bicyclic) bond motifs is 5. The zero-order valence-electron chi connectivity index (χ0n) is 40.7. The van der Waals surface area contributed by atoms with Crippen molar-refractivity contribution in [2.75, 3.05) is 59.1 Å². The quantitative estimate of drug-likeness (QED) is 0.0713. The number of anilines is 1. The molecule has 372 valence electrons. The predicted octanol–water partition coefficient (Wildman–Crippen LogP) is 8.13. The fourth-order valence-corrected chi connectivity index (χ4v) is 9.79. The SMILES string of the molecule is COc1ccc(C(NC(=O)CCOc2cc3c(cc2OC)C(=O)N2CCC[C@H]2[C@H](O)N3C(=O)OCC2c3ccccc3-c3ccccc32)c2ccc(OCC(=O)CNCc3ccc(C)cc3)cc2)c(OC)c1. The van der Waals surface area contributed by atoms with Crippen molar-refractivity contribution in [3.05, 3.63) is 166 Å². The molecule has 2 heterocycles. The number of hydrogen-bond donors (Lipinski definition) is 3. The molecule has 9 rings (SSSR count). The molecule has 1 aliphatic carbocycles. The summed E-state index contributed by atoms with van der Waals surface area (Å²) in [6, 6.07) is 38.2. The van der Waals surface area contributed by atoms with Gasteiger partial charge in [-0.1, -0.05) is 90.5 Å². The van der Waals surface area contributed by atoms with Gasteiger partial charge in [-0.05, 0) is 83.5 Å². The number of rotatable bonds is 19. The molecule has 0 saturated carbocycles. The van der Waals surface area contributed by atoms with Crippen molar-refractivity contribution >= 4 is 29.4 Å². The first-order valence-electron chi connectivity index (χ1n) is 24.0. The zero-order chi connectivity index (χ0) is 50.3. The lowest BCUT2D eigenvalue weighted by atomic mass is 9.97. The molecule has 2 aliphatic heterocycles. The molecule has 1 unspecified atom stereocenters. The van der Waals surface area contributed by atoms with E-state index in [0.717, 1.165) is 32.7 Å². The molecule has 15 heteroatoms. The van der Waals surface area contributed by atoms with Gasteiger partial charge < -0.3 is 49.1 Å². The van der Waals surface area contributed by atoms with Gasteiger partial charge in [-0.15, -0.1) is 0 Å². The Hall–Kier alpha value is -7.88. The molecule has 6 aromatic rings. The third-order valence-corrected chi connectivity index (χ3v) is 13.5. The molecular weight excluding hydrogens is 917 g/mol. The second kappa shape index (κ2) is 22.0. The van der Waals surface area contributed by atoms with Gasteiger partial charge in [0.05, 0.1) is 64.2 Å². The number of methoxy groups -OCH3 is 3. The second-order valence-corrected chi connectivity index (χ2v) is 18.0. The van der Waals surface area contributed by atoms with E-state index < -0.39 is 24.4 Å². The highest BCUT2D eigenvalue weighted by molar-refractivity contribution is 6.06. The fraction of sp³-hybridized carbons (Fsp3) is 0.298. The molecule has 6 aromatic carbocycles. The highest BCUT2D eigenvalue weighted by Gasteiger charge is 2.46. The van der Waals surface area contributed by atoms with Gasteiger partial charge in [0.2, 0.25) is 5.91 Å². The standard InChI is InChI=1S/C57H58N4O11/c1-35-15-17-36(18-16-35)31-58-32-38(62)33-71-39-21-19-37(20-22-39)54(45-24-23-40(67-2)28-50(45)68-3)59-53(63)25-27-70-52-30-49-46(29-51(52)69-4)55(64)60-26-9-14-48(60)56(65)61(49)57(66)72-34-47-43-12-7-5-10-41(43)42-11-6-8-13-44(42)47/h5-8,10-13,15-24,28-30,47-48,54,56,58,65H,9,14,25-27,31-34H2,1-4H3,(H,59,63)/t48-,54?,56-/m0/s1. The number of amides is 3. The summed E-state index contributed by atoms with van der Waals surface area (Å²) in [6.07, 6.45) is -1.22. The topological polar surface area (TPSA) is 174 Å². The Balaban J connectivity index is 0.897. The number of aliphatic hydroxyl groups excluding tert-OH is 1. The summed E-state index contributed by atoms with van der Waals surface area (Å²) >= 11 is 0. The van der Waals surface area contributed by atoms with Crippen molar-refractivity contribution in [2.24, 2.45) is 0 Å². The number of nitrogens with one attached hydrogen (secondary N) is 2. The minimum absolute atomic E-state index is 0.00165. The molecule has 3 aliphatic rings. The Morgan fingerprint density at radius 2 is 1.44 bits per heavy atom. The normalized spacial score (nSPS) is 16.1. The maximum Gasteiger partial charge on any atom is 0.416 e. The highest BCUT2D eigenvalue weighted by Crippen LogP contribution is 2.46. The number of nitrogens with zero attached hydrogens (tertiary/aromatic N) is 2. The van der Waals surface area contributed by atoms with E-state index in [1.54, 1.807) is 36.3 Å². The summed E-state index contributed by atoms with van der Waals surface area (Å²) in [4.78, 5) is 57.9. The van der Waals surface area contributed by atoms with Gasteiger partial charge in [-0.3, -0.25) is 14.4 Å². The molecule has 72 heavy (non-hydrogen) atoms. The summed E-state index contributed by atoms with van der Waals surface area (Å²) in [7, 11) is 4.52. The molecule has 0 radical (unpaired) electrons. The predicted molar refractivity (Wildman–Crippen MR) is 270 cm³/mol. The van der Waals surface area contributed by atoms with Crippen LogP contribution in [-0.4, -0.2) is 100 Å². The number of Topliss-reactive ketones (excluding diaryl/α,β-unsaturated/α-hetero) is 1. The molecule has 0 spiro atoms. The van der Waals surface area contributed by atoms with Crippen LogP contribution in [0.4, 0.5) is 10.5 Å². The Morgan fingerprint density at radius 3 is 2.14 bits per heavy atom. The van der Waals surface area contributed by atoms with Crippen LogP contribution in [0, 0.1) is 6.92 Å². The van der Waals surface area contributed by atoms with Gasteiger partial charge in [-0.2, -0.15) is 0 Å². The Labute approximate surface area is 418 Å². The van der Waals surface area contributed by atoms with E-state index in [1.165, 1.54) is 31.9 Å². The monoisotopic (exact) mass is 974 g/mol. The average molecular weight is 975 g/mol. The highest BCUT2D eigenvalue weighted by atomic mass is 16.6. The number of carbonyl (C=O) groups is 4. The summed E-state index contributed by atoms with van der Waals surface area (Å²) in [5.74, 6) is 0.792. The van der Waals surface area contributed by atoms with Gasteiger partial charge in [0.25, 0.3) is 5.91 Å². The van der Waals surface area contributed by atoms with Gasteiger partial charge in [0.15, 0.2) is 23.5 Å². The number of hydrogen-bond acceptors (Lipinski definition) is 12. The van der Waals surface area contributed by atoms with E-state index in [0.29, 0.717) is 54.3 Å². The largest absolute Gasteiger partial charge is 0.497 e. The van der Waals surface area contributed by atoms with E-state index in [4.69, 9.17) is 28.4 Å². The summed E-state index contributed by atoms with van der Waals surface area (Å²) in [5.41, 5.74) is 8.06. The molecule has 1 fully saturated rings. The molecular formula is C57H58N4O11. The van der Waals surface area contributed by atoms with Crippen molar-refractivity contribution in [3.8, 4) is 39.9 Å². The third-order valence-electron chi connectivity index (χ3n) is 13.5.